The Morgan fingerprint density at radius 2 is 1.41 bits per heavy atom. The van der Waals surface area contributed by atoms with Gasteiger partial charge in [-0.15, -0.1) is 0 Å². The minimum absolute atomic E-state index is 0.000158. The van der Waals surface area contributed by atoms with Gasteiger partial charge in [0.1, 0.15) is 5.75 Å². The highest BCUT2D eigenvalue weighted by molar-refractivity contribution is 7.87. The van der Waals surface area contributed by atoms with E-state index in [1.165, 1.54) is 36.4 Å². The van der Waals surface area contributed by atoms with Crippen LogP contribution in [0.15, 0.2) is 54.6 Å². The van der Waals surface area contributed by atoms with E-state index in [0.717, 1.165) is 12.1 Å². The Kier molecular flexibility index (Phi) is 5.98. The molecule has 0 amide bonds. The third kappa shape index (κ3) is 3.54. The van der Waals surface area contributed by atoms with Crippen LogP contribution in [0.3, 0.4) is 0 Å². The zero-order valence-electron chi connectivity index (χ0n) is 14.3. The van der Waals surface area contributed by atoms with Crippen LogP contribution in [-0.4, -0.2) is 23.2 Å². The van der Waals surface area contributed by atoms with Gasteiger partial charge in [0.15, 0.2) is 10.5 Å². The number of aromatic hydroxyl groups is 2. The molecule has 0 aliphatic carbocycles. The van der Waals surface area contributed by atoms with Crippen molar-refractivity contribution >= 4 is 56.5 Å². The molecule has 3 aromatic carbocycles. The lowest BCUT2D eigenvalue weighted by molar-refractivity contribution is 0.455. The van der Waals surface area contributed by atoms with E-state index >= 15 is 0 Å². The molecular formula is C19H12Cl4O5S. The van der Waals surface area contributed by atoms with Crippen LogP contribution in [0.2, 0.25) is 20.1 Å². The van der Waals surface area contributed by atoms with Crippen LogP contribution in [0.25, 0.3) is 0 Å². The molecule has 0 heterocycles. The number of hydrogen-bond donors (Lipinski definition) is 3. The van der Waals surface area contributed by atoms with E-state index in [0.29, 0.717) is 0 Å². The normalized spacial score (nSPS) is 13.8. The molecule has 0 saturated carbocycles. The first kappa shape index (κ1) is 22.0. The van der Waals surface area contributed by atoms with Crippen molar-refractivity contribution in [1.82, 2.24) is 0 Å². The first-order chi connectivity index (χ1) is 13.5. The summed E-state index contributed by atoms with van der Waals surface area (Å²) in [5.74, 6) is -0.875. The highest BCUT2D eigenvalue weighted by Gasteiger charge is 2.51. The van der Waals surface area contributed by atoms with Crippen molar-refractivity contribution in [3.8, 4) is 11.5 Å². The Hall–Kier alpha value is -1.67. The standard InChI is InChI=1S/C19H12Cl4O5S/c20-13-4-2-1-3-11(13)19(29(26,27)28,10-5-8-16(24)15(22)9-10)12-6-7-14(21)18(25)17(12)23/h1-9,24-25H,(H,26,27,28). The van der Waals surface area contributed by atoms with Gasteiger partial charge >= 0.3 is 0 Å². The van der Waals surface area contributed by atoms with Gasteiger partial charge in [0.2, 0.25) is 0 Å². The average Bonchev–Trinajstić information content (AvgIpc) is 2.65. The van der Waals surface area contributed by atoms with E-state index in [1.807, 2.05) is 0 Å². The van der Waals surface area contributed by atoms with Crippen LogP contribution in [0.1, 0.15) is 16.7 Å². The maximum Gasteiger partial charge on any atom is 0.283 e. The van der Waals surface area contributed by atoms with Crippen LogP contribution in [-0.2, 0) is 14.9 Å². The van der Waals surface area contributed by atoms with Gasteiger partial charge in [0.05, 0.1) is 15.1 Å². The van der Waals surface area contributed by atoms with Crippen molar-refractivity contribution < 1.29 is 23.2 Å². The third-order valence-electron chi connectivity index (χ3n) is 4.44. The van der Waals surface area contributed by atoms with Gasteiger partial charge in [-0.25, -0.2) is 0 Å². The molecule has 0 fully saturated rings. The third-order valence-corrected chi connectivity index (χ3v) is 7.21. The minimum atomic E-state index is -5.05. The Bertz CT molecular complexity index is 1210. The van der Waals surface area contributed by atoms with Gasteiger partial charge in [-0.3, -0.25) is 4.55 Å². The summed E-state index contributed by atoms with van der Waals surface area (Å²) in [5, 5.41) is 19.3. The zero-order chi connectivity index (χ0) is 21.6. The molecule has 0 radical (unpaired) electrons. The number of hydrogen-bond acceptors (Lipinski definition) is 4. The van der Waals surface area contributed by atoms with E-state index < -0.39 is 25.6 Å². The second-order valence-corrected chi connectivity index (χ2v) is 9.22. The topological polar surface area (TPSA) is 94.8 Å². The molecule has 3 N–H and O–H groups in total. The highest BCUT2D eigenvalue weighted by atomic mass is 35.5. The average molecular weight is 494 g/mol. The minimum Gasteiger partial charge on any atom is -0.506 e. The van der Waals surface area contributed by atoms with Crippen molar-refractivity contribution in [1.29, 1.82) is 0 Å². The fourth-order valence-electron chi connectivity index (χ4n) is 3.17. The Morgan fingerprint density at radius 1 is 0.759 bits per heavy atom. The van der Waals surface area contributed by atoms with Gasteiger partial charge in [0, 0.05) is 16.1 Å². The van der Waals surface area contributed by atoms with Gasteiger partial charge < -0.3 is 10.2 Å². The highest BCUT2D eigenvalue weighted by Crippen LogP contribution is 2.51. The molecule has 0 saturated heterocycles. The first-order valence-electron chi connectivity index (χ1n) is 7.90. The maximum absolute atomic E-state index is 13.0. The zero-order valence-corrected chi connectivity index (χ0v) is 18.1. The fraction of sp³-hybridized carbons (Fsp3) is 0.0526. The molecule has 5 nitrogen and oxygen atoms in total. The summed E-state index contributed by atoms with van der Waals surface area (Å²) in [6, 6.07) is 12.0. The van der Waals surface area contributed by atoms with Crippen molar-refractivity contribution in [2.45, 2.75) is 4.75 Å². The van der Waals surface area contributed by atoms with Crippen LogP contribution < -0.4 is 0 Å². The van der Waals surface area contributed by atoms with Crippen LogP contribution >= 0.6 is 46.4 Å². The maximum atomic E-state index is 13.0. The smallest absolute Gasteiger partial charge is 0.283 e. The van der Waals surface area contributed by atoms with Crippen LogP contribution in [0, 0.1) is 0 Å². The molecule has 1 unspecified atom stereocenters. The number of phenols is 2. The van der Waals surface area contributed by atoms with E-state index in [-0.39, 0.29) is 37.5 Å². The van der Waals surface area contributed by atoms with E-state index in [2.05, 4.69) is 0 Å². The second-order valence-electron chi connectivity index (χ2n) is 6.06. The summed E-state index contributed by atoms with van der Waals surface area (Å²) in [4.78, 5) is 0. The number of rotatable bonds is 4. The van der Waals surface area contributed by atoms with Crippen molar-refractivity contribution in [2.75, 3.05) is 0 Å². The number of benzene rings is 3. The molecule has 0 aromatic heterocycles. The van der Waals surface area contributed by atoms with E-state index in [4.69, 9.17) is 46.4 Å². The first-order valence-corrected chi connectivity index (χ1v) is 10.9. The van der Waals surface area contributed by atoms with Gasteiger partial charge in [-0.05, 0) is 29.8 Å². The van der Waals surface area contributed by atoms with Crippen molar-refractivity contribution in [3.63, 3.8) is 0 Å². The van der Waals surface area contributed by atoms with Crippen molar-refractivity contribution in [3.05, 3.63) is 91.4 Å². The SMILES string of the molecule is O=S(=O)(O)C(c1ccc(O)c(Cl)c1)(c1ccccc1Cl)c1ccc(Cl)c(O)c1Cl. The monoisotopic (exact) mass is 492 g/mol. The second kappa shape index (κ2) is 7.87. The van der Waals surface area contributed by atoms with Gasteiger partial charge in [-0.1, -0.05) is 76.7 Å². The summed E-state index contributed by atoms with van der Waals surface area (Å²) < 4.78 is 34.0. The predicted molar refractivity (Wildman–Crippen MR) is 114 cm³/mol. The Balaban J connectivity index is 2.61. The van der Waals surface area contributed by atoms with Crippen molar-refractivity contribution in [2.24, 2.45) is 0 Å². The largest absolute Gasteiger partial charge is 0.506 e. The molecule has 29 heavy (non-hydrogen) atoms. The number of halogens is 4. The molecule has 10 heteroatoms. The lowest BCUT2D eigenvalue weighted by Crippen LogP contribution is -2.38. The van der Waals surface area contributed by atoms with Crippen LogP contribution in [0.5, 0.6) is 11.5 Å². The molecule has 3 aromatic rings. The Labute approximate surface area is 186 Å². The Morgan fingerprint density at radius 3 is 2.00 bits per heavy atom. The summed E-state index contributed by atoms with van der Waals surface area (Å²) >= 11 is 24.5. The summed E-state index contributed by atoms with van der Waals surface area (Å²) in [6.45, 7) is 0. The summed E-state index contributed by atoms with van der Waals surface area (Å²) in [7, 11) is -5.05. The molecular weight excluding hydrogens is 482 g/mol. The van der Waals surface area contributed by atoms with Crippen LogP contribution in [0.4, 0.5) is 0 Å². The van der Waals surface area contributed by atoms with E-state index in [9.17, 15) is 23.2 Å². The molecule has 0 aliphatic heterocycles. The number of phenolic OH excluding ortho intramolecular Hbond substituents is 2. The lowest BCUT2D eigenvalue weighted by atomic mass is 9.83. The molecule has 0 bridgehead atoms. The summed E-state index contributed by atoms with van der Waals surface area (Å²) in [6.07, 6.45) is 0. The lowest BCUT2D eigenvalue weighted by Gasteiger charge is -2.34. The van der Waals surface area contributed by atoms with E-state index in [1.54, 1.807) is 6.07 Å². The summed E-state index contributed by atoms with van der Waals surface area (Å²) in [5.41, 5.74) is -0.326. The predicted octanol–water partition coefficient (Wildman–Crippen LogP) is 5.89. The molecule has 0 aliphatic rings. The molecule has 152 valence electrons. The van der Waals surface area contributed by atoms with Gasteiger partial charge in [-0.2, -0.15) is 8.42 Å². The van der Waals surface area contributed by atoms with Gasteiger partial charge in [0.25, 0.3) is 10.1 Å². The molecule has 0 spiro atoms. The molecule has 3 rings (SSSR count). The fourth-order valence-corrected chi connectivity index (χ4v) is 5.58. The molecule has 1 atom stereocenters. The quantitative estimate of drug-likeness (QED) is 0.311.